The standard InChI is InChI=1S/C10H19N/c1-8(2)9-10(7-11-9)5-3-4-6-10/h8-9,11H,3-7H2,1-2H3/t9-/m0/s1. The van der Waals surface area contributed by atoms with Gasteiger partial charge in [0.25, 0.3) is 0 Å². The number of hydrogen-bond acceptors (Lipinski definition) is 1. The van der Waals surface area contributed by atoms with E-state index in [9.17, 15) is 0 Å². The summed E-state index contributed by atoms with van der Waals surface area (Å²) >= 11 is 0. The lowest BCUT2D eigenvalue weighted by atomic mass is 9.68. The first-order chi connectivity index (χ1) is 5.25. The van der Waals surface area contributed by atoms with Crippen molar-refractivity contribution in [2.24, 2.45) is 11.3 Å². The Morgan fingerprint density at radius 2 is 1.91 bits per heavy atom. The fourth-order valence-electron chi connectivity index (χ4n) is 3.02. The maximum absolute atomic E-state index is 3.58. The average Bonchev–Trinajstić information content (AvgIpc) is 2.31. The summed E-state index contributed by atoms with van der Waals surface area (Å²) in [5.41, 5.74) is 0.744. The second kappa shape index (κ2) is 2.48. The molecule has 1 saturated heterocycles. The molecule has 0 bridgehead atoms. The van der Waals surface area contributed by atoms with E-state index in [0.29, 0.717) is 0 Å². The molecular formula is C10H19N. The molecule has 1 heteroatoms. The number of hydrogen-bond donors (Lipinski definition) is 1. The molecule has 64 valence electrons. The monoisotopic (exact) mass is 153 g/mol. The highest BCUT2D eigenvalue weighted by Gasteiger charge is 2.48. The smallest absolute Gasteiger partial charge is 0.0159 e. The maximum Gasteiger partial charge on any atom is 0.0159 e. The second-order valence-corrected chi connectivity index (χ2v) is 4.67. The Bertz CT molecular complexity index is 145. The van der Waals surface area contributed by atoms with E-state index in [-0.39, 0.29) is 0 Å². The van der Waals surface area contributed by atoms with Crippen molar-refractivity contribution in [1.29, 1.82) is 0 Å². The normalized spacial score (nSPS) is 34.6. The molecule has 1 atom stereocenters. The van der Waals surface area contributed by atoms with E-state index < -0.39 is 0 Å². The van der Waals surface area contributed by atoms with Gasteiger partial charge in [0, 0.05) is 12.6 Å². The van der Waals surface area contributed by atoms with E-state index in [2.05, 4.69) is 19.2 Å². The summed E-state index contributed by atoms with van der Waals surface area (Å²) in [5.74, 6) is 0.835. The van der Waals surface area contributed by atoms with Gasteiger partial charge in [-0.3, -0.25) is 0 Å². The first kappa shape index (κ1) is 7.60. The van der Waals surface area contributed by atoms with Crippen molar-refractivity contribution < 1.29 is 0 Å². The maximum atomic E-state index is 3.58. The quantitative estimate of drug-likeness (QED) is 0.609. The molecule has 0 aromatic heterocycles. The van der Waals surface area contributed by atoms with Crippen LogP contribution < -0.4 is 5.32 Å². The minimum absolute atomic E-state index is 0.744. The van der Waals surface area contributed by atoms with Gasteiger partial charge >= 0.3 is 0 Å². The predicted octanol–water partition coefficient (Wildman–Crippen LogP) is 2.17. The Hall–Kier alpha value is -0.0400. The topological polar surface area (TPSA) is 12.0 Å². The second-order valence-electron chi connectivity index (χ2n) is 4.67. The average molecular weight is 153 g/mol. The summed E-state index contributed by atoms with van der Waals surface area (Å²) in [7, 11) is 0. The minimum atomic E-state index is 0.744. The molecule has 1 N–H and O–H groups in total. The predicted molar refractivity (Wildman–Crippen MR) is 47.5 cm³/mol. The summed E-state index contributed by atoms with van der Waals surface area (Å²) in [6.45, 7) is 5.99. The van der Waals surface area contributed by atoms with E-state index in [1.807, 2.05) is 0 Å². The van der Waals surface area contributed by atoms with Crippen LogP contribution in [-0.2, 0) is 0 Å². The molecule has 0 aromatic carbocycles. The van der Waals surface area contributed by atoms with E-state index in [0.717, 1.165) is 17.4 Å². The summed E-state index contributed by atoms with van der Waals surface area (Å²) in [4.78, 5) is 0. The summed E-state index contributed by atoms with van der Waals surface area (Å²) in [6, 6.07) is 0.838. The van der Waals surface area contributed by atoms with Crippen LogP contribution in [0.25, 0.3) is 0 Å². The highest BCUT2D eigenvalue weighted by Crippen LogP contribution is 2.47. The van der Waals surface area contributed by atoms with Crippen molar-refractivity contribution in [2.75, 3.05) is 6.54 Å². The molecule has 1 saturated carbocycles. The van der Waals surface area contributed by atoms with Crippen LogP contribution in [0.4, 0.5) is 0 Å². The molecule has 1 spiro atoms. The molecule has 1 nitrogen and oxygen atoms in total. The van der Waals surface area contributed by atoms with Crippen LogP contribution in [0.5, 0.6) is 0 Å². The van der Waals surface area contributed by atoms with Crippen molar-refractivity contribution in [1.82, 2.24) is 5.32 Å². The van der Waals surface area contributed by atoms with Crippen LogP contribution in [-0.4, -0.2) is 12.6 Å². The van der Waals surface area contributed by atoms with Gasteiger partial charge in [0.15, 0.2) is 0 Å². The Balaban J connectivity index is 2.03. The van der Waals surface area contributed by atoms with Crippen molar-refractivity contribution in [3.63, 3.8) is 0 Å². The molecule has 1 aliphatic carbocycles. The molecule has 1 aliphatic heterocycles. The van der Waals surface area contributed by atoms with Gasteiger partial charge in [0.05, 0.1) is 0 Å². The van der Waals surface area contributed by atoms with E-state index >= 15 is 0 Å². The first-order valence-corrected chi connectivity index (χ1v) is 4.98. The molecule has 0 amide bonds. The van der Waals surface area contributed by atoms with Gasteiger partial charge in [-0.2, -0.15) is 0 Å². The van der Waals surface area contributed by atoms with E-state index in [1.54, 1.807) is 0 Å². The van der Waals surface area contributed by atoms with E-state index in [1.165, 1.54) is 32.2 Å². The van der Waals surface area contributed by atoms with E-state index in [4.69, 9.17) is 0 Å². The van der Waals surface area contributed by atoms with Gasteiger partial charge in [-0.05, 0) is 24.2 Å². The number of rotatable bonds is 1. The van der Waals surface area contributed by atoms with Crippen molar-refractivity contribution in [3.05, 3.63) is 0 Å². The Labute approximate surface area is 69.6 Å². The van der Waals surface area contributed by atoms with Crippen LogP contribution in [0.15, 0.2) is 0 Å². The SMILES string of the molecule is CC(C)[C@@H]1NCC12CCCC2. The Morgan fingerprint density at radius 1 is 1.27 bits per heavy atom. The van der Waals surface area contributed by atoms with Crippen molar-refractivity contribution in [3.8, 4) is 0 Å². The third-order valence-corrected chi connectivity index (χ3v) is 3.60. The van der Waals surface area contributed by atoms with Crippen LogP contribution in [0, 0.1) is 11.3 Å². The fraction of sp³-hybridized carbons (Fsp3) is 1.00. The molecular weight excluding hydrogens is 134 g/mol. The van der Waals surface area contributed by atoms with Gasteiger partial charge in [0.1, 0.15) is 0 Å². The Kier molecular flexibility index (Phi) is 1.71. The third-order valence-electron chi connectivity index (χ3n) is 3.60. The number of nitrogens with one attached hydrogen (secondary N) is 1. The van der Waals surface area contributed by atoms with Crippen LogP contribution in [0.2, 0.25) is 0 Å². The van der Waals surface area contributed by atoms with Crippen LogP contribution >= 0.6 is 0 Å². The van der Waals surface area contributed by atoms with Crippen molar-refractivity contribution >= 4 is 0 Å². The van der Waals surface area contributed by atoms with Crippen LogP contribution in [0.1, 0.15) is 39.5 Å². The molecule has 0 unspecified atom stereocenters. The Morgan fingerprint density at radius 3 is 2.27 bits per heavy atom. The highest BCUT2D eigenvalue weighted by atomic mass is 15.1. The summed E-state index contributed by atoms with van der Waals surface area (Å²) in [5, 5.41) is 3.58. The minimum Gasteiger partial charge on any atom is -0.313 e. The summed E-state index contributed by atoms with van der Waals surface area (Å²) in [6.07, 6.45) is 5.93. The molecule has 2 fully saturated rings. The molecule has 11 heavy (non-hydrogen) atoms. The lowest BCUT2D eigenvalue weighted by molar-refractivity contribution is 0.0558. The van der Waals surface area contributed by atoms with Gasteiger partial charge in [-0.25, -0.2) is 0 Å². The zero-order valence-corrected chi connectivity index (χ0v) is 7.69. The molecule has 2 aliphatic rings. The molecule has 0 aromatic rings. The van der Waals surface area contributed by atoms with Gasteiger partial charge in [0.2, 0.25) is 0 Å². The largest absolute Gasteiger partial charge is 0.313 e. The van der Waals surface area contributed by atoms with Gasteiger partial charge < -0.3 is 5.32 Å². The zero-order valence-electron chi connectivity index (χ0n) is 7.69. The van der Waals surface area contributed by atoms with Crippen molar-refractivity contribution in [2.45, 2.75) is 45.6 Å². The highest BCUT2D eigenvalue weighted by molar-refractivity contribution is 5.05. The first-order valence-electron chi connectivity index (χ1n) is 4.98. The zero-order chi connectivity index (χ0) is 7.90. The van der Waals surface area contributed by atoms with Gasteiger partial charge in [-0.15, -0.1) is 0 Å². The van der Waals surface area contributed by atoms with Crippen LogP contribution in [0.3, 0.4) is 0 Å². The molecule has 1 heterocycles. The molecule has 0 radical (unpaired) electrons. The van der Waals surface area contributed by atoms with Gasteiger partial charge in [-0.1, -0.05) is 26.7 Å². The third kappa shape index (κ3) is 1.01. The molecule has 2 rings (SSSR count). The lowest BCUT2D eigenvalue weighted by Gasteiger charge is -2.50. The fourth-order valence-corrected chi connectivity index (χ4v) is 3.02. The summed E-state index contributed by atoms with van der Waals surface area (Å²) < 4.78 is 0. The lowest BCUT2D eigenvalue weighted by Crippen LogP contribution is -2.63.